The summed E-state index contributed by atoms with van der Waals surface area (Å²) in [5.41, 5.74) is 2.14. The molecular formula is C34H24BrFN2O4. The highest BCUT2D eigenvalue weighted by Crippen LogP contribution is 2.62. The van der Waals surface area contributed by atoms with Gasteiger partial charge in [-0.25, -0.2) is 4.39 Å². The molecule has 3 aliphatic heterocycles. The predicted molar refractivity (Wildman–Crippen MR) is 160 cm³/mol. The molecule has 1 fully saturated rings. The van der Waals surface area contributed by atoms with Crippen LogP contribution >= 0.6 is 15.9 Å². The smallest absolute Gasteiger partial charge is 0.238 e. The standard InChI is InChI=1S/C34H24BrFN2O4/c1-42-27-15-12-21(18-25(27)35)31(40)29-28(30(39)20-10-13-22(36)14-11-20)34(24-8-4-5-9-26(24)37-33(34)41)32-23-7-3-2-6-19(23)16-17-38(29)32/h2-18,28-29,32H,1H3,(H,37,41)/t28-,29+,32+,34-/m0/s1. The molecule has 0 unspecified atom stereocenters. The number of ether oxygens (including phenoxy) is 1. The molecule has 7 rings (SSSR count). The lowest BCUT2D eigenvalue weighted by Gasteiger charge is -2.38. The van der Waals surface area contributed by atoms with E-state index in [9.17, 15) is 18.8 Å². The number of nitrogens with zero attached hydrogens (tertiary/aromatic N) is 1. The lowest BCUT2D eigenvalue weighted by Crippen LogP contribution is -2.49. The molecule has 4 aromatic rings. The average Bonchev–Trinajstić information content (AvgIpc) is 3.49. The third-order valence-corrected chi connectivity index (χ3v) is 9.31. The van der Waals surface area contributed by atoms with Crippen LogP contribution in [-0.2, 0) is 10.2 Å². The van der Waals surface area contributed by atoms with Crippen LogP contribution in [0.3, 0.4) is 0 Å². The number of nitrogens with one attached hydrogen (secondary N) is 1. The van der Waals surface area contributed by atoms with E-state index in [4.69, 9.17) is 4.74 Å². The van der Waals surface area contributed by atoms with E-state index in [0.717, 1.165) is 11.1 Å². The minimum absolute atomic E-state index is 0.226. The Morgan fingerprint density at radius 3 is 2.40 bits per heavy atom. The van der Waals surface area contributed by atoms with E-state index in [2.05, 4.69) is 21.2 Å². The highest BCUT2D eigenvalue weighted by Gasteiger charge is 2.70. The van der Waals surface area contributed by atoms with Crippen LogP contribution < -0.4 is 10.1 Å². The number of carbonyl (C=O) groups excluding carboxylic acids is 3. The van der Waals surface area contributed by atoms with Gasteiger partial charge < -0.3 is 15.0 Å². The SMILES string of the molecule is COc1ccc(C(=O)[C@H]2[C@@H](C(=O)c3ccc(F)cc3)[C@]3(C(=O)Nc4ccccc43)[C@H]3c4ccccc4C=CN23)cc1Br. The lowest BCUT2D eigenvalue weighted by molar-refractivity contribution is -0.122. The monoisotopic (exact) mass is 622 g/mol. The normalized spacial score (nSPS) is 23.3. The van der Waals surface area contributed by atoms with Crippen LogP contribution in [0.25, 0.3) is 6.08 Å². The van der Waals surface area contributed by atoms with Gasteiger partial charge in [0.2, 0.25) is 5.91 Å². The summed E-state index contributed by atoms with van der Waals surface area (Å²) in [6.07, 6.45) is 3.73. The van der Waals surface area contributed by atoms with Gasteiger partial charge in [0.05, 0.1) is 23.5 Å². The lowest BCUT2D eigenvalue weighted by atomic mass is 9.62. The first-order valence-electron chi connectivity index (χ1n) is 13.5. The van der Waals surface area contributed by atoms with Crippen LogP contribution in [0.4, 0.5) is 10.1 Å². The molecule has 1 spiro atoms. The summed E-state index contributed by atoms with van der Waals surface area (Å²) in [4.78, 5) is 45.7. The van der Waals surface area contributed by atoms with Crippen molar-refractivity contribution in [3.05, 3.63) is 135 Å². The van der Waals surface area contributed by atoms with Gasteiger partial charge in [-0.1, -0.05) is 42.5 Å². The number of rotatable bonds is 5. The molecule has 0 aliphatic carbocycles. The predicted octanol–water partition coefficient (Wildman–Crippen LogP) is 6.58. The first-order chi connectivity index (χ1) is 20.4. The number of benzene rings is 4. The Bertz CT molecular complexity index is 1820. The van der Waals surface area contributed by atoms with E-state index in [1.54, 1.807) is 18.2 Å². The van der Waals surface area contributed by atoms with Gasteiger partial charge in [-0.05, 0) is 87.2 Å². The number of halogens is 2. The van der Waals surface area contributed by atoms with Gasteiger partial charge in [0.25, 0.3) is 0 Å². The number of ketones is 2. The fourth-order valence-corrected chi connectivity index (χ4v) is 7.49. The quantitative estimate of drug-likeness (QED) is 0.255. The molecule has 6 nitrogen and oxygen atoms in total. The Labute approximate surface area is 249 Å². The number of methoxy groups -OCH3 is 1. The number of anilines is 1. The maximum absolute atomic E-state index is 14.7. The van der Waals surface area contributed by atoms with Gasteiger partial charge in [-0.15, -0.1) is 0 Å². The third-order valence-electron chi connectivity index (χ3n) is 8.69. The van der Waals surface area contributed by atoms with Gasteiger partial charge in [0, 0.05) is 23.0 Å². The van der Waals surface area contributed by atoms with Crippen molar-refractivity contribution >= 4 is 45.2 Å². The zero-order valence-corrected chi connectivity index (χ0v) is 24.0. The van der Waals surface area contributed by atoms with Gasteiger partial charge in [0.15, 0.2) is 11.6 Å². The number of hydrogen-bond donors (Lipinski definition) is 1. The number of carbonyl (C=O) groups is 3. The topological polar surface area (TPSA) is 75.7 Å². The van der Waals surface area contributed by atoms with E-state index >= 15 is 0 Å². The Hall–Kier alpha value is -4.56. The van der Waals surface area contributed by atoms with Gasteiger partial charge in [0.1, 0.15) is 23.0 Å². The summed E-state index contributed by atoms with van der Waals surface area (Å²) in [6, 6.07) is 23.6. The van der Waals surface area contributed by atoms with Crippen LogP contribution in [0.2, 0.25) is 0 Å². The van der Waals surface area contributed by atoms with Crippen LogP contribution in [0.15, 0.2) is 102 Å². The molecular weight excluding hydrogens is 599 g/mol. The third kappa shape index (κ3) is 3.64. The van der Waals surface area contributed by atoms with Crippen LogP contribution in [0, 0.1) is 11.7 Å². The Balaban J connectivity index is 1.52. The minimum Gasteiger partial charge on any atom is -0.496 e. The molecule has 0 radical (unpaired) electrons. The van der Waals surface area contributed by atoms with E-state index < -0.39 is 35.0 Å². The van der Waals surface area contributed by atoms with Gasteiger partial charge in [-0.3, -0.25) is 14.4 Å². The average molecular weight is 623 g/mol. The summed E-state index contributed by atoms with van der Waals surface area (Å²) in [6.45, 7) is 0. The maximum Gasteiger partial charge on any atom is 0.238 e. The Morgan fingerprint density at radius 1 is 0.929 bits per heavy atom. The molecule has 4 aromatic carbocycles. The minimum atomic E-state index is -1.45. The van der Waals surface area contributed by atoms with Crippen molar-refractivity contribution in [1.82, 2.24) is 4.90 Å². The molecule has 1 saturated heterocycles. The van der Waals surface area contributed by atoms with Crippen molar-refractivity contribution in [2.24, 2.45) is 5.92 Å². The van der Waals surface area contributed by atoms with Crippen LogP contribution in [0.5, 0.6) is 5.75 Å². The first-order valence-corrected chi connectivity index (χ1v) is 14.3. The highest BCUT2D eigenvalue weighted by atomic mass is 79.9. The second-order valence-electron chi connectivity index (χ2n) is 10.7. The highest BCUT2D eigenvalue weighted by molar-refractivity contribution is 9.10. The zero-order valence-electron chi connectivity index (χ0n) is 22.4. The maximum atomic E-state index is 14.7. The number of hydrogen-bond acceptors (Lipinski definition) is 5. The molecule has 0 bridgehead atoms. The van der Waals surface area contributed by atoms with Gasteiger partial charge >= 0.3 is 0 Å². The largest absolute Gasteiger partial charge is 0.496 e. The fourth-order valence-electron chi connectivity index (χ4n) is 6.95. The molecule has 3 heterocycles. The van der Waals surface area contributed by atoms with Crippen LogP contribution in [0.1, 0.15) is 43.4 Å². The van der Waals surface area contributed by atoms with Crippen molar-refractivity contribution < 1.29 is 23.5 Å². The van der Waals surface area contributed by atoms with Crippen LogP contribution in [-0.4, -0.2) is 35.5 Å². The number of amides is 1. The Morgan fingerprint density at radius 2 is 1.64 bits per heavy atom. The first kappa shape index (κ1) is 26.3. The van der Waals surface area contributed by atoms with Crippen molar-refractivity contribution in [2.75, 3.05) is 12.4 Å². The van der Waals surface area contributed by atoms with E-state index in [1.165, 1.54) is 31.4 Å². The summed E-state index contributed by atoms with van der Waals surface area (Å²) in [7, 11) is 1.54. The molecule has 8 heteroatoms. The molecule has 1 amide bonds. The second-order valence-corrected chi connectivity index (χ2v) is 11.5. The van der Waals surface area contributed by atoms with Crippen molar-refractivity contribution in [3.63, 3.8) is 0 Å². The summed E-state index contributed by atoms with van der Waals surface area (Å²) < 4.78 is 19.9. The molecule has 208 valence electrons. The molecule has 42 heavy (non-hydrogen) atoms. The zero-order chi connectivity index (χ0) is 29.2. The Kier molecular flexibility index (Phi) is 6.13. The number of Topliss-reactive ketones (excluding diaryl/α,β-unsaturated/α-hetero) is 2. The summed E-state index contributed by atoms with van der Waals surface area (Å²) in [5, 5.41) is 3.03. The van der Waals surface area contributed by atoms with E-state index in [1.807, 2.05) is 65.7 Å². The summed E-state index contributed by atoms with van der Waals surface area (Å²) >= 11 is 3.48. The molecule has 0 saturated carbocycles. The molecule has 1 N–H and O–H groups in total. The number of fused-ring (bicyclic) bond motifs is 6. The molecule has 0 aromatic heterocycles. The number of para-hydroxylation sites is 1. The molecule has 3 aliphatic rings. The fraction of sp³-hybridized carbons (Fsp3) is 0.147. The molecule has 4 atom stereocenters. The van der Waals surface area contributed by atoms with E-state index in [0.29, 0.717) is 27.0 Å². The second kappa shape index (κ2) is 9.77. The van der Waals surface area contributed by atoms with E-state index in [-0.39, 0.29) is 17.3 Å². The van der Waals surface area contributed by atoms with Crippen molar-refractivity contribution in [3.8, 4) is 5.75 Å². The summed E-state index contributed by atoms with van der Waals surface area (Å²) in [5.74, 6) is -2.14. The van der Waals surface area contributed by atoms with Gasteiger partial charge in [-0.2, -0.15) is 0 Å². The van der Waals surface area contributed by atoms with Crippen molar-refractivity contribution in [2.45, 2.75) is 17.5 Å². The van der Waals surface area contributed by atoms with Crippen molar-refractivity contribution in [1.29, 1.82) is 0 Å².